The minimum Gasteiger partial charge on any atom is -0.307 e. The maximum Gasteiger partial charge on any atom is 0.256 e. The number of anilines is 1. The molecule has 0 spiro atoms. The summed E-state index contributed by atoms with van der Waals surface area (Å²) in [6, 6.07) is 15.3. The molecule has 1 aromatic heterocycles. The van der Waals surface area contributed by atoms with Crippen molar-refractivity contribution in [2.45, 2.75) is 30.7 Å². The molecule has 2 aromatic carbocycles. The molecule has 3 aromatic rings. The number of piperidine rings is 1. The highest BCUT2D eigenvalue weighted by Gasteiger charge is 2.26. The van der Waals surface area contributed by atoms with Crippen LogP contribution in [0, 0.1) is 0 Å². The minimum atomic E-state index is -3.61. The predicted octanol–water partition coefficient (Wildman–Crippen LogP) is 4.01. The number of benzene rings is 2. The van der Waals surface area contributed by atoms with Crippen molar-refractivity contribution in [2.24, 2.45) is 0 Å². The zero-order valence-electron chi connectivity index (χ0n) is 16.9. The molecule has 2 heterocycles. The average molecular weight is 459 g/mol. The number of amides is 1. The first-order valence-corrected chi connectivity index (χ1v) is 11.9. The molecule has 0 bridgehead atoms. The molecule has 31 heavy (non-hydrogen) atoms. The van der Waals surface area contributed by atoms with E-state index in [4.69, 9.17) is 11.6 Å². The van der Waals surface area contributed by atoms with Crippen molar-refractivity contribution in [1.82, 2.24) is 14.1 Å². The Kier molecular flexibility index (Phi) is 6.41. The third kappa shape index (κ3) is 4.98. The third-order valence-corrected chi connectivity index (χ3v) is 7.36. The van der Waals surface area contributed by atoms with Crippen LogP contribution in [0.1, 0.15) is 35.2 Å². The largest absolute Gasteiger partial charge is 0.307 e. The van der Waals surface area contributed by atoms with Crippen molar-refractivity contribution in [3.8, 4) is 0 Å². The highest BCUT2D eigenvalue weighted by molar-refractivity contribution is 7.89. The molecule has 1 aliphatic rings. The first-order valence-electron chi connectivity index (χ1n) is 10.1. The second kappa shape index (κ2) is 9.21. The fourth-order valence-corrected chi connectivity index (χ4v) is 5.39. The van der Waals surface area contributed by atoms with Crippen LogP contribution in [0.4, 0.5) is 5.82 Å². The summed E-state index contributed by atoms with van der Waals surface area (Å²) in [6.45, 7) is 1.47. The van der Waals surface area contributed by atoms with Crippen molar-refractivity contribution in [3.05, 3.63) is 76.9 Å². The molecule has 1 amide bonds. The Hall–Kier alpha value is -2.68. The SMILES string of the molecule is O=C(Nc1ccnn1Cc1cccc(Cl)c1)c1cccc(S(=O)(=O)N2CCCCC2)c1. The van der Waals surface area contributed by atoms with E-state index in [1.165, 1.54) is 16.4 Å². The molecule has 0 atom stereocenters. The van der Waals surface area contributed by atoms with Crippen LogP contribution in [0.3, 0.4) is 0 Å². The molecule has 0 saturated carbocycles. The van der Waals surface area contributed by atoms with Gasteiger partial charge in [-0.15, -0.1) is 0 Å². The van der Waals surface area contributed by atoms with E-state index in [2.05, 4.69) is 10.4 Å². The standard InChI is InChI=1S/C22H23ClN4O3S/c23-19-8-4-6-17(14-19)16-27-21(10-11-24-27)25-22(28)18-7-5-9-20(15-18)31(29,30)26-12-2-1-3-13-26/h4-11,14-15H,1-3,12-13,16H2,(H,25,28). The summed E-state index contributed by atoms with van der Waals surface area (Å²) in [7, 11) is -3.61. The van der Waals surface area contributed by atoms with E-state index in [0.717, 1.165) is 24.8 Å². The number of hydrogen-bond donors (Lipinski definition) is 1. The number of hydrogen-bond acceptors (Lipinski definition) is 4. The lowest BCUT2D eigenvalue weighted by molar-refractivity contribution is 0.102. The highest BCUT2D eigenvalue weighted by Crippen LogP contribution is 2.22. The van der Waals surface area contributed by atoms with Crippen molar-refractivity contribution >= 4 is 33.3 Å². The van der Waals surface area contributed by atoms with Gasteiger partial charge in [0.1, 0.15) is 5.82 Å². The maximum absolute atomic E-state index is 12.9. The molecule has 0 unspecified atom stereocenters. The van der Waals surface area contributed by atoms with Crippen LogP contribution in [0.15, 0.2) is 65.7 Å². The number of carbonyl (C=O) groups is 1. The summed E-state index contributed by atoms with van der Waals surface area (Å²) in [4.78, 5) is 13.0. The Morgan fingerprint density at radius 3 is 2.58 bits per heavy atom. The Balaban J connectivity index is 1.51. The second-order valence-electron chi connectivity index (χ2n) is 7.45. The Morgan fingerprint density at radius 1 is 1.03 bits per heavy atom. The summed E-state index contributed by atoms with van der Waals surface area (Å²) in [5.74, 6) is 0.109. The van der Waals surface area contributed by atoms with Gasteiger partial charge in [-0.05, 0) is 48.7 Å². The zero-order chi connectivity index (χ0) is 21.8. The molecule has 0 radical (unpaired) electrons. The summed E-state index contributed by atoms with van der Waals surface area (Å²) in [6.07, 6.45) is 4.35. The van der Waals surface area contributed by atoms with E-state index in [1.807, 2.05) is 18.2 Å². The first kappa shape index (κ1) is 21.5. The normalized spacial score (nSPS) is 15.0. The van der Waals surface area contributed by atoms with Crippen LogP contribution in [-0.4, -0.2) is 41.5 Å². The van der Waals surface area contributed by atoms with Gasteiger partial charge in [-0.3, -0.25) is 4.79 Å². The number of carbonyl (C=O) groups excluding carboxylic acids is 1. The van der Waals surface area contributed by atoms with Gasteiger partial charge in [-0.25, -0.2) is 13.1 Å². The first-order chi connectivity index (χ1) is 14.9. The van der Waals surface area contributed by atoms with Crippen molar-refractivity contribution in [2.75, 3.05) is 18.4 Å². The number of halogens is 1. The van der Waals surface area contributed by atoms with Crippen LogP contribution in [-0.2, 0) is 16.6 Å². The third-order valence-electron chi connectivity index (χ3n) is 5.23. The minimum absolute atomic E-state index is 0.134. The van der Waals surface area contributed by atoms with Crippen LogP contribution in [0.5, 0.6) is 0 Å². The summed E-state index contributed by atoms with van der Waals surface area (Å²) >= 11 is 6.04. The Bertz CT molecular complexity index is 1190. The van der Waals surface area contributed by atoms with Crippen LogP contribution in [0.2, 0.25) is 5.02 Å². The van der Waals surface area contributed by atoms with E-state index in [9.17, 15) is 13.2 Å². The fourth-order valence-electron chi connectivity index (χ4n) is 3.61. The van der Waals surface area contributed by atoms with Gasteiger partial charge in [-0.2, -0.15) is 9.40 Å². The molecular formula is C22H23ClN4O3S. The Morgan fingerprint density at radius 2 is 1.81 bits per heavy atom. The molecular weight excluding hydrogens is 436 g/mol. The molecule has 4 rings (SSSR count). The lowest BCUT2D eigenvalue weighted by atomic mass is 10.2. The van der Waals surface area contributed by atoms with Gasteiger partial charge in [0.05, 0.1) is 17.6 Å². The van der Waals surface area contributed by atoms with Crippen molar-refractivity contribution in [3.63, 3.8) is 0 Å². The van der Waals surface area contributed by atoms with E-state index in [0.29, 0.717) is 30.5 Å². The second-order valence-corrected chi connectivity index (χ2v) is 9.83. The fraction of sp³-hybridized carbons (Fsp3) is 0.273. The van der Waals surface area contributed by atoms with E-state index in [1.54, 1.807) is 35.1 Å². The van der Waals surface area contributed by atoms with Gasteiger partial charge < -0.3 is 5.32 Å². The zero-order valence-corrected chi connectivity index (χ0v) is 18.4. The molecule has 0 aliphatic carbocycles. The lowest BCUT2D eigenvalue weighted by Gasteiger charge is -2.26. The number of nitrogens with zero attached hydrogens (tertiary/aromatic N) is 3. The van der Waals surface area contributed by atoms with E-state index in [-0.39, 0.29) is 10.5 Å². The Labute approximate surface area is 186 Å². The van der Waals surface area contributed by atoms with E-state index >= 15 is 0 Å². The summed E-state index contributed by atoms with van der Waals surface area (Å²) in [5.41, 5.74) is 1.22. The molecule has 162 valence electrons. The van der Waals surface area contributed by atoms with Gasteiger partial charge in [0.15, 0.2) is 0 Å². The van der Waals surface area contributed by atoms with Gasteiger partial charge in [-0.1, -0.05) is 36.2 Å². The monoisotopic (exact) mass is 458 g/mol. The smallest absolute Gasteiger partial charge is 0.256 e. The number of aromatic nitrogens is 2. The highest BCUT2D eigenvalue weighted by atomic mass is 35.5. The quantitative estimate of drug-likeness (QED) is 0.604. The predicted molar refractivity (Wildman–Crippen MR) is 120 cm³/mol. The van der Waals surface area contributed by atoms with Crippen LogP contribution >= 0.6 is 11.6 Å². The molecule has 1 saturated heterocycles. The van der Waals surface area contributed by atoms with Gasteiger partial charge in [0, 0.05) is 29.7 Å². The van der Waals surface area contributed by atoms with Crippen LogP contribution < -0.4 is 5.32 Å². The number of rotatable bonds is 6. The molecule has 1 N–H and O–H groups in total. The van der Waals surface area contributed by atoms with Crippen molar-refractivity contribution in [1.29, 1.82) is 0 Å². The lowest BCUT2D eigenvalue weighted by Crippen LogP contribution is -2.35. The molecule has 1 aliphatic heterocycles. The van der Waals surface area contributed by atoms with Gasteiger partial charge in [0.2, 0.25) is 10.0 Å². The van der Waals surface area contributed by atoms with E-state index < -0.39 is 15.9 Å². The molecule has 1 fully saturated rings. The average Bonchev–Trinajstić information content (AvgIpc) is 3.21. The van der Waals surface area contributed by atoms with Gasteiger partial charge in [0.25, 0.3) is 5.91 Å². The summed E-state index contributed by atoms with van der Waals surface area (Å²) < 4.78 is 29.0. The molecule has 9 heteroatoms. The topological polar surface area (TPSA) is 84.3 Å². The number of sulfonamides is 1. The number of nitrogens with one attached hydrogen (secondary N) is 1. The van der Waals surface area contributed by atoms with Gasteiger partial charge >= 0.3 is 0 Å². The molecule has 7 nitrogen and oxygen atoms in total. The van der Waals surface area contributed by atoms with Crippen LogP contribution in [0.25, 0.3) is 0 Å². The van der Waals surface area contributed by atoms with Crippen molar-refractivity contribution < 1.29 is 13.2 Å². The maximum atomic E-state index is 12.9. The summed E-state index contributed by atoms with van der Waals surface area (Å²) in [5, 5.41) is 7.71.